The van der Waals surface area contributed by atoms with Crippen LogP contribution >= 0.6 is 0 Å². The predicted octanol–water partition coefficient (Wildman–Crippen LogP) is 3.25. The number of hydrogen-bond donors (Lipinski definition) is 1. The van der Waals surface area contributed by atoms with Gasteiger partial charge in [-0.15, -0.1) is 6.58 Å². The molecule has 0 aromatic heterocycles. The molecule has 138 valence electrons. The summed E-state index contributed by atoms with van der Waals surface area (Å²) in [7, 11) is 1.45. The third-order valence-electron chi connectivity index (χ3n) is 3.17. The maximum atomic E-state index is 12.0. The summed E-state index contributed by atoms with van der Waals surface area (Å²) in [5, 5.41) is 11.7. The van der Waals surface area contributed by atoms with Gasteiger partial charge in [-0.05, 0) is 29.2 Å². The third kappa shape index (κ3) is 6.81. The van der Waals surface area contributed by atoms with Gasteiger partial charge in [0.15, 0.2) is 11.5 Å². The topological polar surface area (TPSA) is 88.4 Å². The first-order valence-electron chi connectivity index (χ1n) is 8.10. The molecule has 0 aliphatic heterocycles. The highest BCUT2D eigenvalue weighted by molar-refractivity contribution is 6.01. The average molecular weight is 356 g/mol. The van der Waals surface area contributed by atoms with E-state index in [2.05, 4.69) is 11.9 Å². The zero-order valence-corrected chi connectivity index (χ0v) is 15.6. The molecule has 1 aromatic carbocycles. The van der Waals surface area contributed by atoms with E-state index in [0.717, 1.165) is 0 Å². The molecule has 0 radical (unpaired) electrons. The van der Waals surface area contributed by atoms with Gasteiger partial charge in [0.25, 0.3) is 5.91 Å². The number of hydrogen-bond acceptors (Lipinski definition) is 5. The van der Waals surface area contributed by atoms with E-state index in [1.54, 1.807) is 18.2 Å². The van der Waals surface area contributed by atoms with Gasteiger partial charge in [0, 0.05) is 6.54 Å². The normalized spacial score (nSPS) is 11.3. The Bertz CT molecular complexity index is 752. The lowest BCUT2D eigenvalue weighted by Crippen LogP contribution is -2.24. The van der Waals surface area contributed by atoms with Gasteiger partial charge < -0.3 is 14.8 Å². The van der Waals surface area contributed by atoms with Crippen LogP contribution in [0, 0.1) is 16.7 Å². The summed E-state index contributed by atoms with van der Waals surface area (Å²) in [4.78, 5) is 23.9. The van der Waals surface area contributed by atoms with Crippen LogP contribution in [0.5, 0.6) is 11.5 Å². The molecular formula is C20H24N2O4. The van der Waals surface area contributed by atoms with Gasteiger partial charge in [-0.25, -0.2) is 0 Å². The van der Waals surface area contributed by atoms with E-state index >= 15 is 0 Å². The molecule has 0 saturated carbocycles. The minimum absolute atomic E-state index is 0.0496. The molecule has 1 N–H and O–H groups in total. The van der Waals surface area contributed by atoms with E-state index in [4.69, 9.17) is 14.7 Å². The third-order valence-corrected chi connectivity index (χ3v) is 3.17. The van der Waals surface area contributed by atoms with Crippen LogP contribution < -0.4 is 14.8 Å². The Morgan fingerprint density at radius 3 is 2.54 bits per heavy atom. The smallest absolute Gasteiger partial charge is 0.311 e. The molecule has 1 rings (SSSR count). The molecule has 0 saturated heterocycles. The summed E-state index contributed by atoms with van der Waals surface area (Å²) in [6.07, 6.45) is 3.22. The average Bonchev–Trinajstić information content (AvgIpc) is 2.56. The molecule has 0 aliphatic carbocycles. The minimum atomic E-state index is -0.493. The van der Waals surface area contributed by atoms with Crippen molar-refractivity contribution in [2.24, 2.45) is 5.41 Å². The van der Waals surface area contributed by atoms with Crippen LogP contribution in [0.15, 0.2) is 36.4 Å². The first-order chi connectivity index (χ1) is 12.2. The fourth-order valence-electron chi connectivity index (χ4n) is 2.03. The Morgan fingerprint density at radius 2 is 2.00 bits per heavy atom. The van der Waals surface area contributed by atoms with Crippen LogP contribution in [0.25, 0.3) is 6.08 Å². The molecule has 0 unspecified atom stereocenters. The Balaban J connectivity index is 3.02. The predicted molar refractivity (Wildman–Crippen MR) is 99.5 cm³/mol. The van der Waals surface area contributed by atoms with Crippen LogP contribution in [-0.2, 0) is 9.59 Å². The number of methoxy groups -OCH3 is 1. The van der Waals surface area contributed by atoms with E-state index in [1.165, 1.54) is 19.3 Å². The molecule has 0 bridgehead atoms. The molecule has 0 fully saturated rings. The van der Waals surface area contributed by atoms with Crippen molar-refractivity contribution in [3.8, 4) is 17.6 Å². The lowest BCUT2D eigenvalue weighted by Gasteiger charge is -2.17. The Morgan fingerprint density at radius 1 is 1.31 bits per heavy atom. The molecule has 0 aliphatic rings. The van der Waals surface area contributed by atoms with Gasteiger partial charge in [-0.3, -0.25) is 9.59 Å². The van der Waals surface area contributed by atoms with Crippen LogP contribution in [0.2, 0.25) is 0 Å². The van der Waals surface area contributed by atoms with E-state index in [0.29, 0.717) is 11.3 Å². The summed E-state index contributed by atoms with van der Waals surface area (Å²) in [6.45, 7) is 9.61. The van der Waals surface area contributed by atoms with Crippen molar-refractivity contribution in [1.29, 1.82) is 5.26 Å². The van der Waals surface area contributed by atoms with Crippen molar-refractivity contribution in [3.63, 3.8) is 0 Å². The maximum Gasteiger partial charge on any atom is 0.311 e. The van der Waals surface area contributed by atoms with Crippen LogP contribution in [-0.4, -0.2) is 25.5 Å². The standard InChI is InChI=1S/C20H24N2O4/c1-6-9-22-19(24)15(13-21)10-14-7-8-16(17(11-14)25-5)26-18(23)12-20(2,3)4/h6-8,10-11H,1,9,12H2,2-5H3,(H,22,24)/b15-10-. The molecule has 1 aromatic rings. The van der Waals surface area contributed by atoms with Gasteiger partial charge in [-0.1, -0.05) is 32.9 Å². The monoisotopic (exact) mass is 356 g/mol. The maximum absolute atomic E-state index is 12.0. The van der Waals surface area contributed by atoms with E-state index < -0.39 is 5.91 Å². The second-order valence-corrected chi connectivity index (χ2v) is 6.79. The van der Waals surface area contributed by atoms with Gasteiger partial charge >= 0.3 is 5.97 Å². The van der Waals surface area contributed by atoms with E-state index in [9.17, 15) is 9.59 Å². The van der Waals surface area contributed by atoms with Gasteiger partial charge in [0.1, 0.15) is 11.6 Å². The Hall–Kier alpha value is -3.07. The van der Waals surface area contributed by atoms with Crippen molar-refractivity contribution < 1.29 is 19.1 Å². The van der Waals surface area contributed by atoms with Gasteiger partial charge in [0.2, 0.25) is 0 Å². The van der Waals surface area contributed by atoms with Crippen LogP contribution in [0.3, 0.4) is 0 Å². The summed E-state index contributed by atoms with van der Waals surface area (Å²) < 4.78 is 10.6. The SMILES string of the molecule is C=CCNC(=O)/C(C#N)=C\c1ccc(OC(=O)CC(C)(C)C)c(OC)c1. The number of carbonyl (C=O) groups is 2. The number of rotatable bonds is 7. The largest absolute Gasteiger partial charge is 0.493 e. The molecule has 1 amide bonds. The number of esters is 1. The summed E-state index contributed by atoms with van der Waals surface area (Å²) in [6, 6.07) is 6.66. The van der Waals surface area contributed by atoms with Crippen molar-refractivity contribution >= 4 is 18.0 Å². The fraction of sp³-hybridized carbons (Fsp3) is 0.350. The lowest BCUT2D eigenvalue weighted by molar-refractivity contribution is -0.136. The second-order valence-electron chi connectivity index (χ2n) is 6.79. The lowest BCUT2D eigenvalue weighted by atomic mass is 9.92. The minimum Gasteiger partial charge on any atom is -0.493 e. The van der Waals surface area contributed by atoms with Crippen molar-refractivity contribution in [2.75, 3.05) is 13.7 Å². The van der Waals surface area contributed by atoms with Crippen molar-refractivity contribution in [2.45, 2.75) is 27.2 Å². The molecule has 26 heavy (non-hydrogen) atoms. The van der Waals surface area contributed by atoms with Gasteiger partial charge in [0.05, 0.1) is 13.5 Å². The number of amides is 1. The number of nitriles is 1. The number of nitrogens with one attached hydrogen (secondary N) is 1. The quantitative estimate of drug-likeness (QED) is 0.266. The Kier molecular flexibility index (Phi) is 7.60. The highest BCUT2D eigenvalue weighted by Crippen LogP contribution is 2.30. The highest BCUT2D eigenvalue weighted by atomic mass is 16.6. The highest BCUT2D eigenvalue weighted by Gasteiger charge is 2.19. The zero-order chi connectivity index (χ0) is 19.7. The molecule has 6 heteroatoms. The number of ether oxygens (including phenoxy) is 2. The Labute approximate surface area is 154 Å². The summed E-state index contributed by atoms with van der Waals surface area (Å²) in [5.74, 6) is -0.231. The van der Waals surface area contributed by atoms with Crippen molar-refractivity contribution in [3.05, 3.63) is 42.0 Å². The molecule has 0 heterocycles. The first kappa shape index (κ1) is 21.0. The first-order valence-corrected chi connectivity index (χ1v) is 8.10. The molecular weight excluding hydrogens is 332 g/mol. The van der Waals surface area contributed by atoms with Crippen molar-refractivity contribution in [1.82, 2.24) is 5.32 Å². The molecule has 6 nitrogen and oxygen atoms in total. The number of benzene rings is 1. The van der Waals surface area contributed by atoms with E-state index in [-0.39, 0.29) is 35.7 Å². The summed E-state index contributed by atoms with van der Waals surface area (Å²) >= 11 is 0. The number of nitrogens with zero attached hydrogens (tertiary/aromatic N) is 1. The van der Waals surface area contributed by atoms with Crippen LogP contribution in [0.1, 0.15) is 32.8 Å². The van der Waals surface area contributed by atoms with Gasteiger partial charge in [-0.2, -0.15) is 5.26 Å². The molecule has 0 spiro atoms. The molecule has 0 atom stereocenters. The van der Waals surface area contributed by atoms with Crippen LogP contribution in [0.4, 0.5) is 0 Å². The second kappa shape index (κ2) is 9.42. The summed E-state index contributed by atoms with van der Waals surface area (Å²) in [5.41, 5.74) is 0.335. The fourth-order valence-corrected chi connectivity index (χ4v) is 2.03. The number of carbonyl (C=O) groups excluding carboxylic acids is 2. The van der Waals surface area contributed by atoms with E-state index in [1.807, 2.05) is 26.8 Å². The zero-order valence-electron chi connectivity index (χ0n) is 15.6.